The van der Waals surface area contributed by atoms with Crippen LogP contribution in [0.3, 0.4) is 0 Å². The fourth-order valence-electron chi connectivity index (χ4n) is 3.40. The minimum absolute atomic E-state index is 0.0236. The lowest BCUT2D eigenvalue weighted by atomic mass is 9.90. The van der Waals surface area contributed by atoms with Crippen molar-refractivity contribution in [2.45, 2.75) is 19.3 Å². The largest absolute Gasteiger partial charge is 0.325 e. The first-order valence-corrected chi connectivity index (χ1v) is 8.91. The summed E-state index contributed by atoms with van der Waals surface area (Å²) in [6.45, 7) is 2.13. The number of nitro groups is 1. The van der Waals surface area contributed by atoms with Gasteiger partial charge in [-0.2, -0.15) is 0 Å². The van der Waals surface area contributed by atoms with Crippen LogP contribution in [0.15, 0.2) is 54.6 Å². The molecule has 0 atom stereocenters. The van der Waals surface area contributed by atoms with Crippen molar-refractivity contribution in [3.8, 4) is 0 Å². The molecule has 2 aromatic rings. The number of amides is 1. The van der Waals surface area contributed by atoms with Crippen molar-refractivity contribution in [1.82, 2.24) is 4.90 Å². The van der Waals surface area contributed by atoms with E-state index in [-0.39, 0.29) is 11.6 Å². The van der Waals surface area contributed by atoms with Gasteiger partial charge in [0.15, 0.2) is 0 Å². The van der Waals surface area contributed by atoms with Crippen LogP contribution in [-0.4, -0.2) is 35.4 Å². The fourth-order valence-corrected chi connectivity index (χ4v) is 3.40. The third-order valence-electron chi connectivity index (χ3n) is 4.78. The Hall–Kier alpha value is -2.73. The summed E-state index contributed by atoms with van der Waals surface area (Å²) in [6.07, 6.45) is 3.26. The summed E-state index contributed by atoms with van der Waals surface area (Å²) in [5.41, 5.74) is 1.81. The highest BCUT2D eigenvalue weighted by Crippen LogP contribution is 2.22. The highest BCUT2D eigenvalue weighted by atomic mass is 16.6. The van der Waals surface area contributed by atoms with Crippen molar-refractivity contribution in [2.24, 2.45) is 5.92 Å². The molecule has 0 aromatic heterocycles. The Labute approximate surface area is 153 Å². The summed E-state index contributed by atoms with van der Waals surface area (Å²) in [5, 5.41) is 13.6. The van der Waals surface area contributed by atoms with E-state index in [1.54, 1.807) is 12.1 Å². The lowest BCUT2D eigenvalue weighted by Crippen LogP contribution is -2.39. The monoisotopic (exact) mass is 353 g/mol. The predicted octanol–water partition coefficient (Wildman–Crippen LogP) is 3.49. The lowest BCUT2D eigenvalue weighted by Gasteiger charge is -2.31. The molecule has 1 amide bonds. The van der Waals surface area contributed by atoms with Crippen molar-refractivity contribution in [3.63, 3.8) is 0 Å². The molecule has 0 unspecified atom stereocenters. The smallest absolute Gasteiger partial charge is 0.271 e. The van der Waals surface area contributed by atoms with E-state index in [1.807, 2.05) is 6.07 Å². The molecular weight excluding hydrogens is 330 g/mol. The average Bonchev–Trinajstić information content (AvgIpc) is 2.64. The van der Waals surface area contributed by atoms with Gasteiger partial charge in [0, 0.05) is 17.8 Å². The van der Waals surface area contributed by atoms with Crippen molar-refractivity contribution in [2.75, 3.05) is 25.0 Å². The molecule has 3 rings (SSSR count). The van der Waals surface area contributed by atoms with Crippen molar-refractivity contribution < 1.29 is 9.72 Å². The molecule has 1 fully saturated rings. The molecule has 1 heterocycles. The standard InChI is InChI=1S/C20H23N3O3/c24-20(21-18-7-4-8-19(14-18)23(25)26)15-22-11-9-17(10-12-22)13-16-5-2-1-3-6-16/h1-8,14,17H,9-13,15H2,(H,21,24). The fraction of sp³-hybridized carbons (Fsp3) is 0.350. The van der Waals surface area contributed by atoms with Crippen LogP contribution in [0.1, 0.15) is 18.4 Å². The third-order valence-corrected chi connectivity index (χ3v) is 4.78. The number of likely N-dealkylation sites (tertiary alicyclic amines) is 1. The lowest BCUT2D eigenvalue weighted by molar-refractivity contribution is -0.384. The molecule has 1 aliphatic heterocycles. The minimum Gasteiger partial charge on any atom is -0.325 e. The number of nitrogens with one attached hydrogen (secondary N) is 1. The number of hydrogen-bond acceptors (Lipinski definition) is 4. The summed E-state index contributed by atoms with van der Waals surface area (Å²) < 4.78 is 0. The number of nitro benzene ring substituents is 1. The van der Waals surface area contributed by atoms with Gasteiger partial charge in [-0.15, -0.1) is 0 Å². The van der Waals surface area contributed by atoms with Crippen molar-refractivity contribution in [3.05, 3.63) is 70.3 Å². The Morgan fingerprint density at radius 3 is 2.54 bits per heavy atom. The number of hydrogen-bond donors (Lipinski definition) is 1. The van der Waals surface area contributed by atoms with Crippen LogP contribution >= 0.6 is 0 Å². The molecule has 6 heteroatoms. The maximum Gasteiger partial charge on any atom is 0.271 e. The number of rotatable bonds is 6. The third kappa shape index (κ3) is 5.13. The predicted molar refractivity (Wildman–Crippen MR) is 101 cm³/mol. The number of anilines is 1. The zero-order valence-corrected chi connectivity index (χ0v) is 14.6. The maximum atomic E-state index is 12.2. The highest BCUT2D eigenvalue weighted by Gasteiger charge is 2.21. The molecule has 0 saturated carbocycles. The molecule has 2 aromatic carbocycles. The second-order valence-corrected chi connectivity index (χ2v) is 6.76. The Morgan fingerprint density at radius 1 is 1.12 bits per heavy atom. The summed E-state index contributed by atoms with van der Waals surface area (Å²) in [6, 6.07) is 16.5. The van der Waals surface area contributed by atoms with Gasteiger partial charge in [-0.1, -0.05) is 36.4 Å². The van der Waals surface area contributed by atoms with E-state index in [4.69, 9.17) is 0 Å². The molecule has 6 nitrogen and oxygen atoms in total. The van der Waals surface area contributed by atoms with Gasteiger partial charge in [0.2, 0.25) is 5.91 Å². The number of piperidine rings is 1. The van der Waals surface area contributed by atoms with Crippen LogP contribution in [0.25, 0.3) is 0 Å². The van der Waals surface area contributed by atoms with Crippen LogP contribution in [0.5, 0.6) is 0 Å². The average molecular weight is 353 g/mol. The number of carbonyl (C=O) groups excluding carboxylic acids is 1. The SMILES string of the molecule is O=C(CN1CCC(Cc2ccccc2)CC1)Nc1cccc([N+](=O)[O-])c1. The molecule has 26 heavy (non-hydrogen) atoms. The molecule has 0 aliphatic carbocycles. The first-order chi connectivity index (χ1) is 12.6. The molecule has 0 bridgehead atoms. The quantitative estimate of drug-likeness (QED) is 0.637. The van der Waals surface area contributed by atoms with E-state index in [1.165, 1.54) is 17.7 Å². The maximum absolute atomic E-state index is 12.2. The first kappa shape index (κ1) is 18.1. The van der Waals surface area contributed by atoms with Gasteiger partial charge < -0.3 is 5.32 Å². The topological polar surface area (TPSA) is 75.5 Å². The normalized spacial score (nSPS) is 15.5. The second-order valence-electron chi connectivity index (χ2n) is 6.76. The molecule has 1 saturated heterocycles. The van der Waals surface area contributed by atoms with Gasteiger partial charge in [0.1, 0.15) is 0 Å². The van der Waals surface area contributed by atoms with Gasteiger partial charge >= 0.3 is 0 Å². The summed E-state index contributed by atoms with van der Waals surface area (Å²) in [7, 11) is 0. The van der Waals surface area contributed by atoms with E-state index in [2.05, 4.69) is 34.5 Å². The van der Waals surface area contributed by atoms with Gasteiger partial charge in [-0.25, -0.2) is 0 Å². The highest BCUT2D eigenvalue weighted by molar-refractivity contribution is 5.92. The van der Waals surface area contributed by atoms with E-state index in [0.717, 1.165) is 32.4 Å². The number of nitrogens with zero attached hydrogens (tertiary/aromatic N) is 2. The molecular formula is C20H23N3O3. The van der Waals surface area contributed by atoms with E-state index in [9.17, 15) is 14.9 Å². The Morgan fingerprint density at radius 2 is 1.85 bits per heavy atom. The van der Waals surface area contributed by atoms with Crippen LogP contribution in [0, 0.1) is 16.0 Å². The Balaban J connectivity index is 1.45. The van der Waals surface area contributed by atoms with Gasteiger partial charge in [0.05, 0.1) is 11.5 Å². The molecule has 0 spiro atoms. The van der Waals surface area contributed by atoms with Crippen LogP contribution in [0.2, 0.25) is 0 Å². The number of carbonyl (C=O) groups is 1. The Bertz CT molecular complexity index is 756. The minimum atomic E-state index is -0.465. The van der Waals surface area contributed by atoms with Crippen molar-refractivity contribution in [1.29, 1.82) is 0 Å². The van der Waals surface area contributed by atoms with E-state index < -0.39 is 4.92 Å². The van der Waals surface area contributed by atoms with Crippen LogP contribution in [-0.2, 0) is 11.2 Å². The number of benzene rings is 2. The summed E-state index contributed by atoms with van der Waals surface area (Å²) in [4.78, 5) is 24.7. The second kappa shape index (κ2) is 8.58. The molecule has 0 radical (unpaired) electrons. The zero-order chi connectivity index (χ0) is 18.4. The van der Waals surface area contributed by atoms with Crippen LogP contribution in [0.4, 0.5) is 11.4 Å². The summed E-state index contributed by atoms with van der Waals surface area (Å²) in [5.74, 6) is 0.528. The zero-order valence-electron chi connectivity index (χ0n) is 14.6. The van der Waals surface area contributed by atoms with Gasteiger partial charge in [-0.3, -0.25) is 19.8 Å². The van der Waals surface area contributed by atoms with E-state index in [0.29, 0.717) is 18.2 Å². The van der Waals surface area contributed by atoms with Gasteiger partial charge in [-0.05, 0) is 49.9 Å². The molecule has 1 N–H and O–H groups in total. The first-order valence-electron chi connectivity index (χ1n) is 8.91. The van der Waals surface area contributed by atoms with Crippen LogP contribution < -0.4 is 5.32 Å². The Kier molecular flexibility index (Phi) is 5.96. The number of non-ortho nitro benzene ring substituents is 1. The van der Waals surface area contributed by atoms with Crippen molar-refractivity contribution >= 4 is 17.3 Å². The molecule has 136 valence electrons. The molecule has 1 aliphatic rings. The summed E-state index contributed by atoms with van der Waals surface area (Å²) >= 11 is 0. The van der Waals surface area contributed by atoms with E-state index >= 15 is 0 Å². The van der Waals surface area contributed by atoms with Gasteiger partial charge in [0.25, 0.3) is 5.69 Å².